The third-order valence-electron chi connectivity index (χ3n) is 13.9. The molecule has 0 aliphatic carbocycles. The van der Waals surface area contributed by atoms with E-state index in [4.69, 9.17) is 14.2 Å². The molecule has 1 heterocycles. The van der Waals surface area contributed by atoms with E-state index in [1.54, 1.807) is 6.08 Å². The summed E-state index contributed by atoms with van der Waals surface area (Å²) in [7, 11) is 0. The number of ether oxygens (including phenoxy) is 3. The molecule has 1 fully saturated rings. The van der Waals surface area contributed by atoms with Gasteiger partial charge in [-0.15, -0.1) is 0 Å². The Morgan fingerprint density at radius 1 is 0.482 bits per heavy atom. The van der Waals surface area contributed by atoms with Crippen LogP contribution in [-0.2, 0) is 23.8 Å². The van der Waals surface area contributed by atoms with Crippen LogP contribution in [0.2, 0.25) is 0 Å². The lowest BCUT2D eigenvalue weighted by molar-refractivity contribution is -0.305. The third kappa shape index (κ3) is 45.3. The first-order valence-corrected chi connectivity index (χ1v) is 32.3. The minimum atomic E-state index is -1.65. The molecule has 83 heavy (non-hydrogen) atoms. The molecular weight excluding hydrogens is 1040 g/mol. The lowest BCUT2D eigenvalue weighted by Crippen LogP contribution is -2.61. The number of aliphatic hydroxyl groups excluding tert-OH is 5. The van der Waals surface area contributed by atoms with E-state index in [9.17, 15) is 35.1 Å². The van der Waals surface area contributed by atoms with Gasteiger partial charge in [0.05, 0.1) is 25.4 Å². The number of carbonyl (C=O) groups excluding carboxylic acids is 2. The molecule has 0 aromatic rings. The van der Waals surface area contributed by atoms with E-state index in [2.05, 4.69) is 172 Å². The summed E-state index contributed by atoms with van der Waals surface area (Å²) in [4.78, 5) is 26.6. The van der Waals surface area contributed by atoms with Gasteiger partial charge in [-0.3, -0.25) is 9.59 Å². The zero-order valence-electron chi connectivity index (χ0n) is 51.7. The largest absolute Gasteiger partial charge is 0.454 e. The van der Waals surface area contributed by atoms with Gasteiger partial charge in [0, 0.05) is 6.42 Å². The number of carbonyl (C=O) groups is 2. The first-order chi connectivity index (χ1) is 40.7. The van der Waals surface area contributed by atoms with Crippen molar-refractivity contribution in [3.8, 4) is 0 Å². The summed E-state index contributed by atoms with van der Waals surface area (Å²) in [6, 6.07) is -1.06. The zero-order valence-corrected chi connectivity index (χ0v) is 51.7. The molecule has 0 aromatic heterocycles. The maximum Gasteiger partial charge on any atom is 0.306 e. The van der Waals surface area contributed by atoms with E-state index in [-0.39, 0.29) is 19.4 Å². The van der Waals surface area contributed by atoms with Crippen LogP contribution >= 0.6 is 0 Å². The molecule has 0 radical (unpaired) electrons. The molecule has 468 valence electrons. The molecule has 8 unspecified atom stereocenters. The second-order valence-corrected chi connectivity index (χ2v) is 21.4. The van der Waals surface area contributed by atoms with Gasteiger partial charge < -0.3 is 45.1 Å². The van der Waals surface area contributed by atoms with Crippen molar-refractivity contribution >= 4 is 11.9 Å². The first-order valence-electron chi connectivity index (χ1n) is 32.3. The van der Waals surface area contributed by atoms with Crippen molar-refractivity contribution in [3.05, 3.63) is 158 Å². The summed E-state index contributed by atoms with van der Waals surface area (Å²) in [5.74, 6) is -1.28. The summed E-state index contributed by atoms with van der Waals surface area (Å²) in [5, 5.41) is 57.0. The minimum Gasteiger partial charge on any atom is -0.454 e. The maximum absolute atomic E-state index is 13.4. The molecule has 1 aliphatic heterocycles. The van der Waals surface area contributed by atoms with Gasteiger partial charge in [-0.1, -0.05) is 243 Å². The highest BCUT2D eigenvalue weighted by Crippen LogP contribution is 2.26. The average Bonchev–Trinajstić information content (AvgIpc) is 3.52. The summed E-state index contributed by atoms with van der Waals surface area (Å²) >= 11 is 0. The minimum absolute atomic E-state index is 0.0552. The highest BCUT2D eigenvalue weighted by Gasteiger charge is 2.47. The first kappa shape index (κ1) is 76.3. The molecule has 8 atom stereocenters. The molecule has 0 saturated carbocycles. The number of amides is 1. The smallest absolute Gasteiger partial charge is 0.306 e. The van der Waals surface area contributed by atoms with Crippen LogP contribution in [0.4, 0.5) is 0 Å². The molecule has 0 aromatic carbocycles. The SMILES string of the molecule is CC/C=C\C/C=C\C/C=C\C/C=C\C/C=C\C/C=C\CCCCCC(O)C(=O)NC(COC1OC(CO)C(O)C(O)C1OC(=O)CCCC/C=C\C/C=C\C/C=C\C/C=C\C/C=C\C/C=C\CC)C(O)/C=C/CCCCCCCCCCC. The number of hydrogen-bond acceptors (Lipinski definition) is 10. The Morgan fingerprint density at radius 3 is 1.30 bits per heavy atom. The molecule has 0 spiro atoms. The lowest BCUT2D eigenvalue weighted by atomic mass is 9.99. The van der Waals surface area contributed by atoms with E-state index < -0.39 is 67.4 Å². The molecule has 0 bridgehead atoms. The number of nitrogens with one attached hydrogen (secondary N) is 1. The second-order valence-electron chi connectivity index (χ2n) is 21.4. The van der Waals surface area contributed by atoms with Crippen LogP contribution in [0.1, 0.15) is 220 Å². The van der Waals surface area contributed by atoms with E-state index in [0.29, 0.717) is 12.8 Å². The van der Waals surface area contributed by atoms with E-state index in [1.807, 2.05) is 6.08 Å². The van der Waals surface area contributed by atoms with Crippen LogP contribution in [0.5, 0.6) is 0 Å². The Morgan fingerprint density at radius 2 is 0.867 bits per heavy atom. The highest BCUT2D eigenvalue weighted by atomic mass is 16.7. The Kier molecular flexibility index (Phi) is 53.0. The molecule has 1 saturated heterocycles. The van der Waals surface area contributed by atoms with Crippen molar-refractivity contribution in [3.63, 3.8) is 0 Å². The van der Waals surface area contributed by atoms with Crippen LogP contribution in [0.15, 0.2) is 158 Å². The van der Waals surface area contributed by atoms with Gasteiger partial charge in [-0.05, 0) is 128 Å². The average molecular weight is 1150 g/mol. The fourth-order valence-corrected chi connectivity index (χ4v) is 8.89. The number of esters is 1. The number of allylic oxidation sites excluding steroid dienone is 25. The van der Waals surface area contributed by atoms with E-state index >= 15 is 0 Å². The van der Waals surface area contributed by atoms with Gasteiger partial charge in [-0.25, -0.2) is 0 Å². The Bertz CT molecular complexity index is 1950. The molecular formula is C72H115NO10. The van der Waals surface area contributed by atoms with Gasteiger partial charge in [0.15, 0.2) is 12.4 Å². The summed E-state index contributed by atoms with van der Waals surface area (Å²) < 4.78 is 17.6. The van der Waals surface area contributed by atoms with Crippen LogP contribution < -0.4 is 5.32 Å². The molecule has 6 N–H and O–H groups in total. The lowest BCUT2D eigenvalue weighted by Gasteiger charge is -2.41. The van der Waals surface area contributed by atoms with Gasteiger partial charge >= 0.3 is 5.97 Å². The fraction of sp³-hybridized carbons (Fsp3) is 0.611. The summed E-state index contributed by atoms with van der Waals surface area (Å²) in [6.45, 7) is 5.50. The molecule has 1 amide bonds. The van der Waals surface area contributed by atoms with E-state index in [1.165, 1.54) is 38.5 Å². The second kappa shape index (κ2) is 57.7. The van der Waals surface area contributed by atoms with Crippen LogP contribution in [0.3, 0.4) is 0 Å². The van der Waals surface area contributed by atoms with Gasteiger partial charge in [0.25, 0.3) is 0 Å². The number of unbranched alkanes of at least 4 members (excludes halogenated alkanes) is 14. The van der Waals surface area contributed by atoms with Crippen LogP contribution in [-0.4, -0.2) is 99.6 Å². The van der Waals surface area contributed by atoms with Crippen molar-refractivity contribution in [2.24, 2.45) is 0 Å². The Hall–Kier alpha value is -4.72. The third-order valence-corrected chi connectivity index (χ3v) is 13.9. The predicted octanol–water partition coefficient (Wildman–Crippen LogP) is 15.9. The predicted molar refractivity (Wildman–Crippen MR) is 347 cm³/mol. The summed E-state index contributed by atoms with van der Waals surface area (Å²) in [5.41, 5.74) is 0. The molecule has 11 heteroatoms. The van der Waals surface area contributed by atoms with Crippen molar-refractivity contribution in [1.29, 1.82) is 0 Å². The highest BCUT2D eigenvalue weighted by molar-refractivity contribution is 5.80. The quantitative estimate of drug-likeness (QED) is 0.0195. The standard InChI is InChI=1S/C72H115NO10/c1-4-7-10-13-16-19-22-24-26-28-30-32-34-35-37-39-41-44-47-50-53-56-59-65(76)71(80)73-63(64(75)58-55-52-49-46-43-21-18-15-12-9-6-3)62-81-72-70(69(79)68(78)66(61-74)82-72)83-67(77)60-57-54-51-48-45-42-40-38-36-33-31-29-27-25-23-20-17-14-11-8-5-2/h7-8,10-11,16-17,19-20,24-27,30-33,35,37-38,40-41,44-45,48,55,58,63-66,68-70,72,74-76,78-79H,4-6,9,12-15,18,21-23,28-29,34,36,39,42-43,46-47,49-54,56-57,59-62H2,1-3H3,(H,73,80)/b10-7-,11-8-,19-16-,20-17-,26-24-,27-25-,32-30-,33-31-,37-35-,40-38-,44-41-,48-45-,58-55+. The number of aliphatic hydroxyl groups is 5. The van der Waals surface area contributed by atoms with Crippen molar-refractivity contribution in [1.82, 2.24) is 5.32 Å². The van der Waals surface area contributed by atoms with Crippen LogP contribution in [0, 0.1) is 0 Å². The fourth-order valence-electron chi connectivity index (χ4n) is 8.89. The molecule has 1 rings (SSSR count). The van der Waals surface area contributed by atoms with Crippen molar-refractivity contribution in [2.75, 3.05) is 13.2 Å². The Balaban J connectivity index is 2.70. The van der Waals surface area contributed by atoms with Crippen molar-refractivity contribution in [2.45, 2.75) is 269 Å². The van der Waals surface area contributed by atoms with Crippen LogP contribution in [0.25, 0.3) is 0 Å². The van der Waals surface area contributed by atoms with Gasteiger partial charge in [-0.2, -0.15) is 0 Å². The zero-order chi connectivity index (χ0) is 60.3. The topological polar surface area (TPSA) is 175 Å². The monoisotopic (exact) mass is 1150 g/mol. The summed E-state index contributed by atoms with van der Waals surface area (Å²) in [6.07, 6.45) is 74.2. The maximum atomic E-state index is 13.4. The normalized spacial score (nSPS) is 19.6. The van der Waals surface area contributed by atoms with Crippen molar-refractivity contribution < 1.29 is 49.3 Å². The number of rotatable bonds is 52. The molecule has 11 nitrogen and oxygen atoms in total. The number of hydrogen-bond donors (Lipinski definition) is 6. The van der Waals surface area contributed by atoms with E-state index in [0.717, 1.165) is 135 Å². The van der Waals surface area contributed by atoms with Gasteiger partial charge in [0.1, 0.15) is 24.4 Å². The Labute approximate surface area is 504 Å². The van der Waals surface area contributed by atoms with Gasteiger partial charge in [0.2, 0.25) is 5.91 Å². The molecule has 1 aliphatic rings.